The first-order valence-corrected chi connectivity index (χ1v) is 3.90. The quantitative estimate of drug-likeness (QED) is 0.538. The minimum absolute atomic E-state index is 0.148. The van der Waals surface area contributed by atoms with Crippen molar-refractivity contribution in [2.24, 2.45) is 0 Å². The van der Waals surface area contributed by atoms with Crippen LogP contribution in [0.25, 0.3) is 11.4 Å². The van der Waals surface area contributed by atoms with Gasteiger partial charge in [0.2, 0.25) is 0 Å². The third-order valence-corrected chi connectivity index (χ3v) is 1.83. The van der Waals surface area contributed by atoms with Crippen LogP contribution in [0.2, 0.25) is 0 Å². The van der Waals surface area contributed by atoms with Gasteiger partial charge in [0.05, 0.1) is 0 Å². The number of nitrogens with zero attached hydrogens (tertiary/aromatic N) is 2. The molecule has 0 aliphatic rings. The van der Waals surface area contributed by atoms with Gasteiger partial charge in [0, 0.05) is 5.56 Å². The molecular formula is C8H8N4O2. The Morgan fingerprint density at radius 2 is 2.00 bits per heavy atom. The Bertz CT molecular complexity index is 497. The predicted octanol–water partition coefficient (Wildman–Crippen LogP) is -0.342. The van der Waals surface area contributed by atoms with Gasteiger partial charge in [0.15, 0.2) is 5.82 Å². The van der Waals surface area contributed by atoms with Crippen molar-refractivity contribution in [2.75, 3.05) is 5.84 Å². The van der Waals surface area contributed by atoms with E-state index in [0.717, 1.165) is 4.68 Å². The lowest BCUT2D eigenvalue weighted by Crippen LogP contribution is -2.24. The zero-order valence-electron chi connectivity index (χ0n) is 7.14. The van der Waals surface area contributed by atoms with Crippen molar-refractivity contribution in [2.45, 2.75) is 0 Å². The first-order valence-electron chi connectivity index (χ1n) is 3.90. The van der Waals surface area contributed by atoms with Crippen molar-refractivity contribution < 1.29 is 5.11 Å². The summed E-state index contributed by atoms with van der Waals surface area (Å²) in [6.07, 6.45) is 0. The van der Waals surface area contributed by atoms with Crippen molar-refractivity contribution in [3.05, 3.63) is 34.7 Å². The number of aromatic hydroxyl groups is 1. The maximum Gasteiger partial charge on any atom is 0.362 e. The molecule has 72 valence electrons. The lowest BCUT2D eigenvalue weighted by Gasteiger charge is -1.98. The van der Waals surface area contributed by atoms with Gasteiger partial charge in [-0.25, -0.2) is 9.89 Å². The Balaban J connectivity index is 2.55. The summed E-state index contributed by atoms with van der Waals surface area (Å²) in [6.45, 7) is 0. The summed E-state index contributed by atoms with van der Waals surface area (Å²) >= 11 is 0. The lowest BCUT2D eigenvalue weighted by molar-refractivity contribution is 0.475. The molecule has 0 saturated carbocycles. The molecule has 1 heterocycles. The number of nitrogen functional groups attached to an aromatic ring is 1. The number of benzene rings is 1. The Morgan fingerprint density at radius 3 is 2.50 bits per heavy atom. The van der Waals surface area contributed by atoms with Crippen molar-refractivity contribution >= 4 is 0 Å². The zero-order chi connectivity index (χ0) is 10.1. The van der Waals surface area contributed by atoms with E-state index in [1.807, 2.05) is 0 Å². The van der Waals surface area contributed by atoms with Crippen LogP contribution in [-0.4, -0.2) is 20.0 Å². The molecule has 0 bridgehead atoms. The number of nitrogens with one attached hydrogen (secondary N) is 1. The number of phenols is 1. The Hall–Kier alpha value is -2.24. The third kappa shape index (κ3) is 1.22. The van der Waals surface area contributed by atoms with Crippen LogP contribution in [0, 0.1) is 0 Å². The Kier molecular flexibility index (Phi) is 1.74. The van der Waals surface area contributed by atoms with Crippen molar-refractivity contribution in [1.82, 2.24) is 14.9 Å². The Morgan fingerprint density at radius 1 is 1.36 bits per heavy atom. The van der Waals surface area contributed by atoms with E-state index in [4.69, 9.17) is 10.9 Å². The lowest BCUT2D eigenvalue weighted by atomic mass is 10.2. The molecule has 0 fully saturated rings. The van der Waals surface area contributed by atoms with Gasteiger partial charge in [-0.2, -0.15) is 9.77 Å². The van der Waals surface area contributed by atoms with Crippen LogP contribution < -0.4 is 11.5 Å². The van der Waals surface area contributed by atoms with Crippen LogP contribution in [0.15, 0.2) is 29.1 Å². The molecule has 0 radical (unpaired) electrons. The molecule has 6 nitrogen and oxygen atoms in total. The average molecular weight is 192 g/mol. The Labute approximate surface area is 78.6 Å². The zero-order valence-corrected chi connectivity index (χ0v) is 7.14. The summed E-state index contributed by atoms with van der Waals surface area (Å²) in [4.78, 5) is 11.0. The highest BCUT2D eigenvalue weighted by Crippen LogP contribution is 2.17. The fraction of sp³-hybridized carbons (Fsp3) is 0. The van der Waals surface area contributed by atoms with Gasteiger partial charge in [0.25, 0.3) is 0 Å². The fourth-order valence-electron chi connectivity index (χ4n) is 1.12. The maximum absolute atomic E-state index is 11.0. The highest BCUT2D eigenvalue weighted by atomic mass is 16.3. The summed E-state index contributed by atoms with van der Waals surface area (Å²) in [7, 11) is 0. The van der Waals surface area contributed by atoms with Gasteiger partial charge in [-0.15, -0.1) is 0 Å². The molecule has 1 aromatic heterocycles. The SMILES string of the molecule is Nn1c(-c2ccc(O)cc2)n[nH]c1=O. The molecule has 0 aliphatic heterocycles. The van der Waals surface area contributed by atoms with E-state index < -0.39 is 5.69 Å². The number of hydrogen-bond donors (Lipinski definition) is 3. The monoisotopic (exact) mass is 192 g/mol. The van der Waals surface area contributed by atoms with Gasteiger partial charge in [0.1, 0.15) is 5.75 Å². The van der Waals surface area contributed by atoms with E-state index >= 15 is 0 Å². The predicted molar refractivity (Wildman–Crippen MR) is 50.1 cm³/mol. The standard InChI is InChI=1S/C8H8N4O2/c9-12-7(10-11-8(12)14)5-1-3-6(13)4-2-5/h1-4,13H,9H2,(H,11,14). The maximum atomic E-state index is 11.0. The molecule has 2 aromatic rings. The van der Waals surface area contributed by atoms with E-state index in [2.05, 4.69) is 10.2 Å². The fourth-order valence-corrected chi connectivity index (χ4v) is 1.12. The number of rotatable bonds is 1. The third-order valence-electron chi connectivity index (χ3n) is 1.83. The second kappa shape index (κ2) is 2.91. The summed E-state index contributed by atoms with van der Waals surface area (Å²) in [5.74, 6) is 5.90. The van der Waals surface area contributed by atoms with E-state index in [1.54, 1.807) is 12.1 Å². The number of aromatic nitrogens is 3. The molecule has 0 atom stereocenters. The molecule has 6 heteroatoms. The summed E-state index contributed by atoms with van der Waals surface area (Å²) in [5, 5.41) is 15.0. The smallest absolute Gasteiger partial charge is 0.362 e. The summed E-state index contributed by atoms with van der Waals surface area (Å²) in [5.41, 5.74) is 0.178. The number of nitrogens with two attached hydrogens (primary N) is 1. The number of hydrogen-bond acceptors (Lipinski definition) is 4. The largest absolute Gasteiger partial charge is 0.508 e. The van der Waals surface area contributed by atoms with Gasteiger partial charge >= 0.3 is 5.69 Å². The molecule has 2 rings (SSSR count). The van der Waals surface area contributed by atoms with Crippen LogP contribution >= 0.6 is 0 Å². The molecular weight excluding hydrogens is 184 g/mol. The first kappa shape index (κ1) is 8.36. The minimum Gasteiger partial charge on any atom is -0.508 e. The van der Waals surface area contributed by atoms with Crippen molar-refractivity contribution in [1.29, 1.82) is 0 Å². The van der Waals surface area contributed by atoms with Crippen molar-refractivity contribution in [3.63, 3.8) is 0 Å². The molecule has 4 N–H and O–H groups in total. The normalized spacial score (nSPS) is 10.3. The number of aromatic amines is 1. The van der Waals surface area contributed by atoms with Gasteiger partial charge in [-0.1, -0.05) is 0 Å². The second-order valence-electron chi connectivity index (χ2n) is 2.77. The summed E-state index contributed by atoms with van der Waals surface area (Å²) < 4.78 is 0.909. The molecule has 1 aromatic carbocycles. The molecule has 0 aliphatic carbocycles. The van der Waals surface area contributed by atoms with Gasteiger partial charge in [-0.3, -0.25) is 0 Å². The second-order valence-corrected chi connectivity index (χ2v) is 2.77. The topological polar surface area (TPSA) is 96.9 Å². The van der Waals surface area contributed by atoms with E-state index in [9.17, 15) is 4.79 Å². The minimum atomic E-state index is -0.479. The highest BCUT2D eigenvalue weighted by Gasteiger charge is 2.06. The summed E-state index contributed by atoms with van der Waals surface area (Å²) in [6, 6.07) is 6.23. The molecule has 0 saturated heterocycles. The van der Waals surface area contributed by atoms with Crippen LogP contribution in [0.1, 0.15) is 0 Å². The van der Waals surface area contributed by atoms with Gasteiger partial charge in [-0.05, 0) is 24.3 Å². The molecule has 14 heavy (non-hydrogen) atoms. The van der Waals surface area contributed by atoms with Crippen LogP contribution in [0.5, 0.6) is 5.75 Å². The van der Waals surface area contributed by atoms with E-state index in [1.165, 1.54) is 12.1 Å². The van der Waals surface area contributed by atoms with E-state index in [0.29, 0.717) is 11.4 Å². The number of H-pyrrole nitrogens is 1. The number of phenolic OH excluding ortho intramolecular Hbond substituents is 1. The van der Waals surface area contributed by atoms with Crippen LogP contribution in [0.3, 0.4) is 0 Å². The molecule has 0 spiro atoms. The molecule has 0 amide bonds. The van der Waals surface area contributed by atoms with Crippen LogP contribution in [0.4, 0.5) is 0 Å². The van der Waals surface area contributed by atoms with Crippen molar-refractivity contribution in [3.8, 4) is 17.1 Å². The van der Waals surface area contributed by atoms with Gasteiger partial charge < -0.3 is 10.9 Å². The first-order chi connectivity index (χ1) is 6.68. The van der Waals surface area contributed by atoms with Crippen LogP contribution in [-0.2, 0) is 0 Å². The van der Waals surface area contributed by atoms with E-state index in [-0.39, 0.29) is 5.75 Å². The average Bonchev–Trinajstić information content (AvgIpc) is 2.50. The molecule has 0 unspecified atom stereocenters. The highest BCUT2D eigenvalue weighted by molar-refractivity contribution is 5.56.